The molecule has 0 spiro atoms. The highest BCUT2D eigenvalue weighted by Gasteiger charge is 2.18. The molecule has 2 amide bonds. The van der Waals surface area contributed by atoms with E-state index in [0.717, 1.165) is 0 Å². The Morgan fingerprint density at radius 2 is 1.96 bits per heavy atom. The van der Waals surface area contributed by atoms with Gasteiger partial charge in [-0.15, -0.1) is 0 Å². The van der Waals surface area contributed by atoms with Crippen molar-refractivity contribution in [3.63, 3.8) is 0 Å². The summed E-state index contributed by atoms with van der Waals surface area (Å²) in [7, 11) is 0. The van der Waals surface area contributed by atoms with Crippen molar-refractivity contribution in [2.24, 2.45) is 0 Å². The van der Waals surface area contributed by atoms with Crippen molar-refractivity contribution in [3.05, 3.63) is 23.8 Å². The lowest BCUT2D eigenvalue weighted by atomic mass is 10.2. The fourth-order valence-electron chi connectivity index (χ4n) is 1.85. The van der Waals surface area contributed by atoms with Gasteiger partial charge in [-0.25, -0.2) is 8.78 Å². The Labute approximate surface area is 130 Å². The second-order valence-electron chi connectivity index (χ2n) is 4.79. The SMILES string of the molecule is O=C(CNC(=O)c1ccc2c(c1)OCO2)NCCC(O)C(F)F. The van der Waals surface area contributed by atoms with E-state index in [1.165, 1.54) is 12.1 Å². The molecule has 126 valence electrons. The van der Waals surface area contributed by atoms with Gasteiger partial charge in [0.15, 0.2) is 11.5 Å². The Hall–Kier alpha value is -2.42. The molecule has 0 aromatic heterocycles. The molecule has 1 heterocycles. The molecule has 3 N–H and O–H groups in total. The molecule has 23 heavy (non-hydrogen) atoms. The van der Waals surface area contributed by atoms with Crippen LogP contribution in [0.15, 0.2) is 18.2 Å². The number of carbonyl (C=O) groups is 2. The summed E-state index contributed by atoms with van der Waals surface area (Å²) in [6, 6.07) is 4.61. The number of hydrogen-bond donors (Lipinski definition) is 3. The Bertz CT molecular complexity index is 582. The smallest absolute Gasteiger partial charge is 0.264 e. The first kappa shape index (κ1) is 16.9. The van der Waals surface area contributed by atoms with Crippen molar-refractivity contribution in [1.29, 1.82) is 0 Å². The highest BCUT2D eigenvalue weighted by molar-refractivity contribution is 5.97. The van der Waals surface area contributed by atoms with Gasteiger partial charge in [-0.2, -0.15) is 0 Å². The highest BCUT2D eigenvalue weighted by Crippen LogP contribution is 2.32. The zero-order valence-corrected chi connectivity index (χ0v) is 12.1. The lowest BCUT2D eigenvalue weighted by Gasteiger charge is -2.10. The maximum atomic E-state index is 12.1. The van der Waals surface area contributed by atoms with Crippen molar-refractivity contribution in [2.45, 2.75) is 19.0 Å². The Kier molecular flexibility index (Phi) is 5.69. The van der Waals surface area contributed by atoms with E-state index in [1.807, 2.05) is 0 Å². The maximum absolute atomic E-state index is 12.1. The van der Waals surface area contributed by atoms with E-state index >= 15 is 0 Å². The van der Waals surface area contributed by atoms with Gasteiger partial charge in [0, 0.05) is 12.1 Å². The van der Waals surface area contributed by atoms with Crippen molar-refractivity contribution in [3.8, 4) is 11.5 Å². The largest absolute Gasteiger partial charge is 0.454 e. The van der Waals surface area contributed by atoms with Crippen LogP contribution in [-0.2, 0) is 4.79 Å². The third kappa shape index (κ3) is 4.78. The molecule has 1 aliphatic rings. The molecular formula is C14H16F2N2O5. The molecule has 7 nitrogen and oxygen atoms in total. The van der Waals surface area contributed by atoms with E-state index in [4.69, 9.17) is 14.6 Å². The fraction of sp³-hybridized carbons (Fsp3) is 0.429. The quantitative estimate of drug-likeness (QED) is 0.667. The van der Waals surface area contributed by atoms with Gasteiger partial charge in [-0.1, -0.05) is 0 Å². The number of alkyl halides is 2. The summed E-state index contributed by atoms with van der Waals surface area (Å²) >= 11 is 0. The molecule has 1 unspecified atom stereocenters. The van der Waals surface area contributed by atoms with E-state index in [2.05, 4.69) is 10.6 Å². The van der Waals surface area contributed by atoms with Crippen molar-refractivity contribution >= 4 is 11.8 Å². The van der Waals surface area contributed by atoms with E-state index in [-0.39, 0.29) is 26.3 Å². The van der Waals surface area contributed by atoms with Crippen LogP contribution in [0.4, 0.5) is 8.78 Å². The number of aliphatic hydroxyl groups is 1. The van der Waals surface area contributed by atoms with Crippen molar-refractivity contribution < 1.29 is 33.0 Å². The number of benzene rings is 1. The Morgan fingerprint density at radius 3 is 2.70 bits per heavy atom. The normalized spacial score (nSPS) is 13.7. The van der Waals surface area contributed by atoms with Crippen LogP contribution >= 0.6 is 0 Å². The number of aliphatic hydroxyl groups excluding tert-OH is 1. The zero-order chi connectivity index (χ0) is 16.8. The van der Waals surface area contributed by atoms with Crippen LogP contribution in [-0.4, -0.2) is 49.3 Å². The van der Waals surface area contributed by atoms with Gasteiger partial charge in [0.1, 0.15) is 6.10 Å². The number of rotatable bonds is 7. The summed E-state index contributed by atoms with van der Waals surface area (Å²) in [5, 5.41) is 13.6. The first-order valence-electron chi connectivity index (χ1n) is 6.88. The topological polar surface area (TPSA) is 96.9 Å². The molecule has 1 aromatic carbocycles. The van der Waals surface area contributed by atoms with Gasteiger partial charge < -0.3 is 25.2 Å². The van der Waals surface area contributed by atoms with Gasteiger partial charge in [0.2, 0.25) is 12.7 Å². The summed E-state index contributed by atoms with van der Waals surface area (Å²) in [4.78, 5) is 23.4. The Morgan fingerprint density at radius 1 is 1.22 bits per heavy atom. The third-order valence-corrected chi connectivity index (χ3v) is 3.10. The van der Waals surface area contributed by atoms with Gasteiger partial charge in [0.05, 0.1) is 6.54 Å². The van der Waals surface area contributed by atoms with Gasteiger partial charge in [-0.05, 0) is 24.6 Å². The predicted molar refractivity (Wildman–Crippen MR) is 74.5 cm³/mol. The number of halogens is 2. The van der Waals surface area contributed by atoms with E-state index in [9.17, 15) is 18.4 Å². The molecule has 1 atom stereocenters. The number of hydrogen-bond acceptors (Lipinski definition) is 5. The monoisotopic (exact) mass is 330 g/mol. The molecule has 2 rings (SSSR count). The second kappa shape index (κ2) is 7.73. The lowest BCUT2D eigenvalue weighted by Crippen LogP contribution is -2.38. The zero-order valence-electron chi connectivity index (χ0n) is 12.1. The molecule has 0 saturated heterocycles. The molecule has 0 saturated carbocycles. The van der Waals surface area contributed by atoms with Gasteiger partial charge in [-0.3, -0.25) is 9.59 Å². The number of nitrogens with one attached hydrogen (secondary N) is 2. The molecule has 0 bridgehead atoms. The molecule has 0 fully saturated rings. The minimum atomic E-state index is -2.85. The molecule has 1 aromatic rings. The van der Waals surface area contributed by atoms with Crippen LogP contribution in [0.25, 0.3) is 0 Å². The van der Waals surface area contributed by atoms with Crippen LogP contribution in [0, 0.1) is 0 Å². The minimum Gasteiger partial charge on any atom is -0.454 e. The molecule has 0 radical (unpaired) electrons. The van der Waals surface area contributed by atoms with E-state index < -0.39 is 24.3 Å². The summed E-state index contributed by atoms with van der Waals surface area (Å²) in [6.07, 6.45) is -4.89. The van der Waals surface area contributed by atoms with Gasteiger partial charge >= 0.3 is 0 Å². The number of amides is 2. The first-order valence-corrected chi connectivity index (χ1v) is 6.88. The van der Waals surface area contributed by atoms with Crippen LogP contribution in [0.5, 0.6) is 11.5 Å². The third-order valence-electron chi connectivity index (χ3n) is 3.10. The molecule has 1 aliphatic heterocycles. The first-order chi connectivity index (χ1) is 11.0. The molecule has 9 heteroatoms. The number of carbonyl (C=O) groups excluding carboxylic acids is 2. The summed E-state index contributed by atoms with van der Waals surface area (Å²) < 4.78 is 34.4. The summed E-state index contributed by atoms with van der Waals surface area (Å²) in [5.41, 5.74) is 0.301. The molecular weight excluding hydrogens is 314 g/mol. The second-order valence-corrected chi connectivity index (χ2v) is 4.79. The number of fused-ring (bicyclic) bond motifs is 1. The number of ether oxygens (including phenoxy) is 2. The van der Waals surface area contributed by atoms with Crippen LogP contribution < -0.4 is 20.1 Å². The van der Waals surface area contributed by atoms with Crippen LogP contribution in [0.2, 0.25) is 0 Å². The Balaban J connectivity index is 1.73. The van der Waals surface area contributed by atoms with Crippen molar-refractivity contribution in [2.75, 3.05) is 19.9 Å². The average molecular weight is 330 g/mol. The standard InChI is InChI=1S/C14H16F2N2O5/c15-13(16)9(19)3-4-17-12(20)6-18-14(21)8-1-2-10-11(5-8)23-7-22-10/h1-2,5,9,13,19H,3-4,6-7H2,(H,17,20)(H,18,21). The highest BCUT2D eigenvalue weighted by atomic mass is 19.3. The average Bonchev–Trinajstić information content (AvgIpc) is 2.99. The maximum Gasteiger partial charge on any atom is 0.264 e. The predicted octanol–water partition coefficient (Wildman–Crippen LogP) is 0.277. The summed E-state index contributed by atoms with van der Waals surface area (Å²) in [5.74, 6) is -0.0356. The summed E-state index contributed by atoms with van der Waals surface area (Å²) in [6.45, 7) is -0.324. The molecule has 0 aliphatic carbocycles. The minimum absolute atomic E-state index is 0.0906. The van der Waals surface area contributed by atoms with E-state index in [0.29, 0.717) is 17.1 Å². The van der Waals surface area contributed by atoms with Gasteiger partial charge in [0.25, 0.3) is 12.3 Å². The van der Waals surface area contributed by atoms with E-state index in [1.54, 1.807) is 6.07 Å². The van der Waals surface area contributed by atoms with Crippen LogP contribution in [0.3, 0.4) is 0 Å². The van der Waals surface area contributed by atoms with Crippen LogP contribution in [0.1, 0.15) is 16.8 Å². The lowest BCUT2D eigenvalue weighted by molar-refractivity contribution is -0.120. The fourth-order valence-corrected chi connectivity index (χ4v) is 1.85. The van der Waals surface area contributed by atoms with Crippen molar-refractivity contribution in [1.82, 2.24) is 10.6 Å².